The van der Waals surface area contributed by atoms with Crippen LogP contribution in [0.3, 0.4) is 0 Å². The van der Waals surface area contributed by atoms with Crippen LogP contribution in [0.4, 0.5) is 0 Å². The van der Waals surface area contributed by atoms with Gasteiger partial charge in [-0.1, -0.05) is 48.5 Å². The van der Waals surface area contributed by atoms with E-state index in [2.05, 4.69) is 18.2 Å². The van der Waals surface area contributed by atoms with E-state index in [1.165, 1.54) is 0 Å². The van der Waals surface area contributed by atoms with Crippen LogP contribution in [0.15, 0.2) is 54.6 Å². The number of rotatable bonds is 1. The number of hydrogen-bond donors (Lipinski definition) is 0. The van der Waals surface area contributed by atoms with Gasteiger partial charge in [-0.25, -0.2) is 5.11 Å². The molecular formula is C15H11O. The Hall–Kier alpha value is -1.86. The van der Waals surface area contributed by atoms with Crippen molar-refractivity contribution in [3.05, 3.63) is 60.2 Å². The molecule has 0 spiro atoms. The molecule has 0 N–H and O–H groups in total. The van der Waals surface area contributed by atoms with Crippen LogP contribution < -0.4 is 0 Å². The van der Waals surface area contributed by atoms with Crippen molar-refractivity contribution in [1.29, 1.82) is 0 Å². The van der Waals surface area contributed by atoms with E-state index >= 15 is 0 Å². The summed E-state index contributed by atoms with van der Waals surface area (Å²) in [6.45, 7) is -0.165. The molecule has 0 aliphatic heterocycles. The molecule has 0 unspecified atom stereocenters. The molecule has 77 valence electrons. The summed E-state index contributed by atoms with van der Waals surface area (Å²) in [5.41, 5.74) is 0.911. The molecule has 0 bridgehead atoms. The number of benzene rings is 3. The summed E-state index contributed by atoms with van der Waals surface area (Å²) in [6, 6.07) is 18.3. The summed E-state index contributed by atoms with van der Waals surface area (Å²) in [5, 5.41) is 15.8. The zero-order valence-electron chi connectivity index (χ0n) is 8.81. The van der Waals surface area contributed by atoms with Gasteiger partial charge >= 0.3 is 0 Å². The summed E-state index contributed by atoms with van der Waals surface area (Å²) in [6.07, 6.45) is 0. The molecule has 0 aromatic heterocycles. The fourth-order valence-electron chi connectivity index (χ4n) is 2.26. The third-order valence-electron chi connectivity index (χ3n) is 3.03. The Morgan fingerprint density at radius 3 is 1.75 bits per heavy atom. The van der Waals surface area contributed by atoms with Crippen molar-refractivity contribution in [3.63, 3.8) is 0 Å². The fourth-order valence-corrected chi connectivity index (χ4v) is 2.26. The Morgan fingerprint density at radius 1 is 0.750 bits per heavy atom. The second-order valence-corrected chi connectivity index (χ2v) is 3.94. The van der Waals surface area contributed by atoms with Crippen LogP contribution in [-0.2, 0) is 11.7 Å². The van der Waals surface area contributed by atoms with Crippen molar-refractivity contribution in [1.82, 2.24) is 0 Å². The smallest absolute Gasteiger partial charge is 0.108 e. The second-order valence-electron chi connectivity index (χ2n) is 3.94. The summed E-state index contributed by atoms with van der Waals surface area (Å²) < 4.78 is 0. The molecule has 0 atom stereocenters. The average Bonchev–Trinajstić information content (AvgIpc) is 2.36. The highest BCUT2D eigenvalue weighted by molar-refractivity contribution is 6.02. The fraction of sp³-hybridized carbons (Fsp3) is 0.0667. The van der Waals surface area contributed by atoms with Gasteiger partial charge in [-0.15, -0.1) is 0 Å². The molecule has 3 aromatic carbocycles. The third-order valence-corrected chi connectivity index (χ3v) is 3.03. The summed E-state index contributed by atoms with van der Waals surface area (Å²) in [7, 11) is 0. The van der Waals surface area contributed by atoms with Gasteiger partial charge in [-0.3, -0.25) is 0 Å². The topological polar surface area (TPSA) is 19.9 Å². The number of hydrogen-bond acceptors (Lipinski definition) is 0. The highest BCUT2D eigenvalue weighted by Gasteiger charge is 2.05. The van der Waals surface area contributed by atoms with Crippen LogP contribution in [0.5, 0.6) is 0 Å². The maximum atomic E-state index is 11.4. The van der Waals surface area contributed by atoms with E-state index in [1.807, 2.05) is 36.4 Å². The zero-order valence-corrected chi connectivity index (χ0v) is 8.81. The van der Waals surface area contributed by atoms with Gasteiger partial charge in [0.2, 0.25) is 0 Å². The van der Waals surface area contributed by atoms with Gasteiger partial charge in [0, 0.05) is 0 Å². The summed E-state index contributed by atoms with van der Waals surface area (Å²) in [5.74, 6) is 0. The molecule has 1 nitrogen and oxygen atoms in total. The van der Waals surface area contributed by atoms with Crippen molar-refractivity contribution in [2.75, 3.05) is 0 Å². The predicted octanol–water partition coefficient (Wildman–Crippen LogP) is 3.92. The van der Waals surface area contributed by atoms with Gasteiger partial charge in [0.05, 0.1) is 0 Å². The minimum absolute atomic E-state index is 0.165. The summed E-state index contributed by atoms with van der Waals surface area (Å²) >= 11 is 0. The van der Waals surface area contributed by atoms with Gasteiger partial charge in [0.15, 0.2) is 0 Å². The first-order valence-electron chi connectivity index (χ1n) is 5.37. The SMILES string of the molecule is [O]Cc1c2ccccc2cc2ccccc12. The molecule has 0 saturated carbocycles. The van der Waals surface area contributed by atoms with Gasteiger partial charge in [0.1, 0.15) is 6.61 Å². The Labute approximate surface area is 94.0 Å². The molecule has 0 fully saturated rings. The van der Waals surface area contributed by atoms with Crippen molar-refractivity contribution in [2.45, 2.75) is 6.61 Å². The van der Waals surface area contributed by atoms with Crippen molar-refractivity contribution >= 4 is 21.5 Å². The predicted molar refractivity (Wildman–Crippen MR) is 65.8 cm³/mol. The van der Waals surface area contributed by atoms with Crippen LogP contribution >= 0.6 is 0 Å². The molecule has 0 amide bonds. The first-order valence-corrected chi connectivity index (χ1v) is 5.37. The van der Waals surface area contributed by atoms with E-state index in [0.717, 1.165) is 27.1 Å². The van der Waals surface area contributed by atoms with Gasteiger partial charge < -0.3 is 0 Å². The standard InChI is InChI=1S/C15H11O/c16-10-15-13-7-3-1-5-11(13)9-12-6-2-4-8-14(12)15/h1-9H,10H2. The molecule has 0 aliphatic rings. The largest absolute Gasteiger partial charge is 0.232 e. The van der Waals surface area contributed by atoms with Crippen LogP contribution in [-0.4, -0.2) is 0 Å². The Balaban J connectivity index is 2.56. The molecular weight excluding hydrogens is 196 g/mol. The lowest BCUT2D eigenvalue weighted by Crippen LogP contribution is -1.87. The second kappa shape index (κ2) is 3.62. The Morgan fingerprint density at radius 2 is 1.25 bits per heavy atom. The minimum atomic E-state index is -0.165. The lowest BCUT2D eigenvalue weighted by molar-refractivity contribution is 0.180. The van der Waals surface area contributed by atoms with Crippen LogP contribution in [0, 0.1) is 0 Å². The van der Waals surface area contributed by atoms with E-state index in [4.69, 9.17) is 0 Å². The molecule has 3 aromatic rings. The normalized spacial score (nSPS) is 11.1. The summed E-state index contributed by atoms with van der Waals surface area (Å²) in [4.78, 5) is 0. The lowest BCUT2D eigenvalue weighted by atomic mass is 9.97. The molecule has 3 rings (SSSR count). The first-order chi connectivity index (χ1) is 7.90. The first kappa shape index (κ1) is 9.37. The highest BCUT2D eigenvalue weighted by Crippen LogP contribution is 2.28. The maximum absolute atomic E-state index is 11.4. The van der Waals surface area contributed by atoms with E-state index < -0.39 is 0 Å². The van der Waals surface area contributed by atoms with Gasteiger partial charge in [0.25, 0.3) is 0 Å². The lowest BCUT2D eigenvalue weighted by Gasteiger charge is -2.08. The highest BCUT2D eigenvalue weighted by atomic mass is 16.3. The molecule has 1 radical (unpaired) electrons. The van der Waals surface area contributed by atoms with Crippen LogP contribution in [0.2, 0.25) is 0 Å². The monoisotopic (exact) mass is 207 g/mol. The van der Waals surface area contributed by atoms with Crippen LogP contribution in [0.25, 0.3) is 21.5 Å². The minimum Gasteiger partial charge on any atom is -0.232 e. The number of fused-ring (bicyclic) bond motifs is 2. The van der Waals surface area contributed by atoms with Gasteiger partial charge in [-0.2, -0.15) is 0 Å². The zero-order chi connectivity index (χ0) is 11.0. The quantitative estimate of drug-likeness (QED) is 0.539. The van der Waals surface area contributed by atoms with E-state index in [1.54, 1.807) is 0 Å². The molecule has 1 heteroatoms. The Kier molecular flexibility index (Phi) is 2.12. The van der Waals surface area contributed by atoms with Crippen molar-refractivity contribution < 1.29 is 5.11 Å². The molecule has 16 heavy (non-hydrogen) atoms. The molecule has 0 aliphatic carbocycles. The van der Waals surface area contributed by atoms with E-state index in [-0.39, 0.29) is 6.61 Å². The maximum Gasteiger partial charge on any atom is 0.108 e. The van der Waals surface area contributed by atoms with Crippen molar-refractivity contribution in [2.24, 2.45) is 0 Å². The average molecular weight is 207 g/mol. The van der Waals surface area contributed by atoms with Gasteiger partial charge in [-0.05, 0) is 33.2 Å². The van der Waals surface area contributed by atoms with E-state index in [0.29, 0.717) is 0 Å². The van der Waals surface area contributed by atoms with E-state index in [9.17, 15) is 5.11 Å². The third kappa shape index (κ3) is 1.29. The van der Waals surface area contributed by atoms with Crippen LogP contribution in [0.1, 0.15) is 5.56 Å². The van der Waals surface area contributed by atoms with Crippen molar-refractivity contribution in [3.8, 4) is 0 Å². The Bertz CT molecular complexity index is 602. The molecule has 0 heterocycles. The molecule has 0 saturated heterocycles.